The lowest BCUT2D eigenvalue weighted by Gasteiger charge is -2.29. The number of aromatic amines is 2. The molecule has 12 heteroatoms. The summed E-state index contributed by atoms with van der Waals surface area (Å²) in [6.07, 6.45) is 2.61. The lowest BCUT2D eigenvalue weighted by Crippen LogP contribution is -2.41. The number of hydrogen-bond donors (Lipinski definition) is 3. The molecule has 1 aliphatic heterocycles. The van der Waals surface area contributed by atoms with Gasteiger partial charge in [-0.3, -0.25) is 28.7 Å². The number of unbranched alkanes of at least 4 members (excludes halogenated alkanes) is 2. The van der Waals surface area contributed by atoms with Gasteiger partial charge in [-0.25, -0.2) is 9.59 Å². The highest BCUT2D eigenvalue weighted by molar-refractivity contribution is 6.30. The summed E-state index contributed by atoms with van der Waals surface area (Å²) < 4.78 is 13.4. The van der Waals surface area contributed by atoms with Crippen LogP contribution in [0.15, 0.2) is 31.3 Å². The maximum atomic E-state index is 13.7. The second kappa shape index (κ2) is 10.1. The van der Waals surface area contributed by atoms with E-state index in [0.717, 1.165) is 22.0 Å². The molecule has 3 N–H and O–H groups in total. The zero-order chi connectivity index (χ0) is 26.1. The van der Waals surface area contributed by atoms with Crippen LogP contribution < -0.4 is 32.0 Å². The van der Waals surface area contributed by atoms with Crippen molar-refractivity contribution in [1.82, 2.24) is 19.1 Å². The summed E-state index contributed by atoms with van der Waals surface area (Å²) in [5, 5.41) is 11.4. The maximum absolute atomic E-state index is 13.7. The molecule has 0 radical (unpaired) electrons. The van der Waals surface area contributed by atoms with Crippen LogP contribution in [0.25, 0.3) is 0 Å². The summed E-state index contributed by atoms with van der Waals surface area (Å²) in [5.74, 6) is -1.66. The standard InChI is InChI=1S/C24H27ClN4O7/c1-4-6-8-28-21(31)16(19(30)26-23(28)33)15-13-10-12(25)11-14(35-3)18(13)36-20-17(15)22(32)29(9-7-5-2)24(34)27-20/h10-11,15,31H,4-9H2,1-3H3,(H,27,34)(H,26,30,33). The first-order valence-corrected chi connectivity index (χ1v) is 12.1. The topological polar surface area (TPSA) is 148 Å². The van der Waals surface area contributed by atoms with E-state index in [2.05, 4.69) is 9.97 Å². The van der Waals surface area contributed by atoms with E-state index < -0.39 is 34.3 Å². The fraction of sp³-hybridized carbons (Fsp3) is 0.417. The fourth-order valence-corrected chi connectivity index (χ4v) is 4.62. The zero-order valence-electron chi connectivity index (χ0n) is 20.1. The molecule has 1 unspecified atom stereocenters. The van der Waals surface area contributed by atoms with E-state index in [-0.39, 0.29) is 52.2 Å². The van der Waals surface area contributed by atoms with Gasteiger partial charge in [-0.2, -0.15) is 0 Å². The number of aromatic hydroxyl groups is 1. The molecule has 0 amide bonds. The fourth-order valence-electron chi connectivity index (χ4n) is 4.40. The van der Waals surface area contributed by atoms with Gasteiger partial charge in [0, 0.05) is 29.7 Å². The Balaban J connectivity index is 2.12. The van der Waals surface area contributed by atoms with Crippen molar-refractivity contribution in [2.75, 3.05) is 7.11 Å². The van der Waals surface area contributed by atoms with Crippen molar-refractivity contribution in [3.63, 3.8) is 0 Å². The van der Waals surface area contributed by atoms with Crippen LogP contribution in [0.2, 0.25) is 5.02 Å². The highest BCUT2D eigenvalue weighted by atomic mass is 35.5. The summed E-state index contributed by atoms with van der Waals surface area (Å²) in [5.41, 5.74) is -3.04. The van der Waals surface area contributed by atoms with Crippen molar-refractivity contribution in [3.8, 4) is 23.3 Å². The molecular weight excluding hydrogens is 492 g/mol. The van der Waals surface area contributed by atoms with Gasteiger partial charge < -0.3 is 14.6 Å². The molecule has 0 fully saturated rings. The van der Waals surface area contributed by atoms with Gasteiger partial charge in [-0.1, -0.05) is 38.3 Å². The number of ether oxygens (including phenoxy) is 2. The molecule has 36 heavy (non-hydrogen) atoms. The SMILES string of the molecule is CCCCn1c(O)c(C2c3cc(Cl)cc(OC)c3Oc3[nH]c(=O)n(CCCC)c(=O)c32)c(=O)[nH]c1=O. The van der Waals surface area contributed by atoms with Gasteiger partial charge in [-0.15, -0.1) is 0 Å². The van der Waals surface area contributed by atoms with E-state index in [1.54, 1.807) is 0 Å². The highest BCUT2D eigenvalue weighted by Gasteiger charge is 2.39. The van der Waals surface area contributed by atoms with Gasteiger partial charge in [-0.05, 0) is 18.9 Å². The van der Waals surface area contributed by atoms with E-state index in [1.807, 2.05) is 13.8 Å². The summed E-state index contributed by atoms with van der Waals surface area (Å²) in [6.45, 7) is 4.14. The molecule has 0 aliphatic carbocycles. The normalized spacial score (nSPS) is 14.2. The number of aromatic nitrogens is 4. The van der Waals surface area contributed by atoms with Crippen molar-refractivity contribution in [2.45, 2.75) is 58.5 Å². The van der Waals surface area contributed by atoms with Crippen molar-refractivity contribution in [1.29, 1.82) is 0 Å². The molecular formula is C24H27ClN4O7. The largest absolute Gasteiger partial charge is 0.494 e. The Morgan fingerprint density at radius 2 is 1.64 bits per heavy atom. The predicted molar refractivity (Wildman–Crippen MR) is 133 cm³/mol. The smallest absolute Gasteiger partial charge is 0.331 e. The summed E-state index contributed by atoms with van der Waals surface area (Å²) in [7, 11) is 1.39. The minimum absolute atomic E-state index is 0.0657. The van der Waals surface area contributed by atoms with Crippen molar-refractivity contribution >= 4 is 11.6 Å². The van der Waals surface area contributed by atoms with Gasteiger partial charge >= 0.3 is 11.4 Å². The molecule has 0 saturated heterocycles. The van der Waals surface area contributed by atoms with Gasteiger partial charge in [0.2, 0.25) is 11.8 Å². The molecule has 0 spiro atoms. The second-order valence-corrected chi connectivity index (χ2v) is 8.98. The van der Waals surface area contributed by atoms with Crippen molar-refractivity contribution in [2.24, 2.45) is 0 Å². The number of methoxy groups -OCH3 is 1. The first-order chi connectivity index (χ1) is 17.2. The van der Waals surface area contributed by atoms with Gasteiger partial charge in [0.1, 0.15) is 0 Å². The van der Waals surface area contributed by atoms with Crippen LogP contribution in [0, 0.1) is 0 Å². The predicted octanol–water partition coefficient (Wildman–Crippen LogP) is 2.64. The number of nitrogens with one attached hydrogen (secondary N) is 2. The van der Waals surface area contributed by atoms with Gasteiger partial charge in [0.05, 0.1) is 24.2 Å². The molecule has 11 nitrogen and oxygen atoms in total. The lowest BCUT2D eigenvalue weighted by molar-refractivity contribution is 0.354. The van der Waals surface area contributed by atoms with Gasteiger partial charge in [0.25, 0.3) is 11.1 Å². The number of fused-ring (bicyclic) bond motifs is 2. The molecule has 1 aromatic carbocycles. The van der Waals surface area contributed by atoms with E-state index in [0.29, 0.717) is 12.8 Å². The Morgan fingerprint density at radius 1 is 1.00 bits per heavy atom. The summed E-state index contributed by atoms with van der Waals surface area (Å²) >= 11 is 6.33. The third-order valence-corrected chi connectivity index (χ3v) is 6.44. The van der Waals surface area contributed by atoms with Crippen LogP contribution in [0.4, 0.5) is 0 Å². The number of benzene rings is 1. The molecule has 4 rings (SSSR count). The van der Waals surface area contributed by atoms with E-state index in [9.17, 15) is 24.3 Å². The van der Waals surface area contributed by atoms with Crippen LogP contribution >= 0.6 is 11.6 Å². The Hall–Kier alpha value is -3.73. The quantitative estimate of drug-likeness (QED) is 0.324. The van der Waals surface area contributed by atoms with Crippen LogP contribution in [0.5, 0.6) is 23.3 Å². The number of halogens is 1. The minimum Gasteiger partial charge on any atom is -0.494 e. The first-order valence-electron chi connectivity index (χ1n) is 11.7. The van der Waals surface area contributed by atoms with Crippen LogP contribution in [0.1, 0.15) is 62.1 Å². The number of rotatable bonds is 8. The van der Waals surface area contributed by atoms with Crippen LogP contribution in [-0.4, -0.2) is 31.3 Å². The van der Waals surface area contributed by atoms with E-state index in [1.165, 1.54) is 19.2 Å². The maximum Gasteiger partial charge on any atom is 0.331 e. The third-order valence-electron chi connectivity index (χ3n) is 6.22. The number of nitrogens with zero attached hydrogens (tertiary/aromatic N) is 2. The van der Waals surface area contributed by atoms with E-state index >= 15 is 0 Å². The van der Waals surface area contributed by atoms with Crippen molar-refractivity contribution in [3.05, 3.63) is 75.5 Å². The number of hydrogen-bond acceptors (Lipinski definition) is 7. The van der Waals surface area contributed by atoms with E-state index in [4.69, 9.17) is 21.1 Å². The first kappa shape index (κ1) is 25.4. The third kappa shape index (κ3) is 4.23. The average Bonchev–Trinajstić information content (AvgIpc) is 2.83. The molecule has 192 valence electrons. The average molecular weight is 519 g/mol. The molecule has 3 heterocycles. The molecule has 0 saturated carbocycles. The van der Waals surface area contributed by atoms with Gasteiger partial charge in [0.15, 0.2) is 11.5 Å². The summed E-state index contributed by atoms with van der Waals surface area (Å²) in [6, 6.07) is 2.98. The molecule has 3 aromatic rings. The lowest BCUT2D eigenvalue weighted by atomic mass is 9.84. The molecule has 1 atom stereocenters. The Bertz CT molecular complexity index is 1550. The highest BCUT2D eigenvalue weighted by Crippen LogP contribution is 2.50. The van der Waals surface area contributed by atoms with Crippen LogP contribution in [-0.2, 0) is 13.1 Å². The van der Waals surface area contributed by atoms with Crippen LogP contribution in [0.3, 0.4) is 0 Å². The van der Waals surface area contributed by atoms with Crippen molar-refractivity contribution < 1.29 is 14.6 Å². The number of H-pyrrole nitrogens is 2. The Labute approximate surface area is 209 Å². The minimum atomic E-state index is -1.22. The monoisotopic (exact) mass is 518 g/mol. The Kier molecular flexibility index (Phi) is 7.11. The Morgan fingerprint density at radius 3 is 2.28 bits per heavy atom. The second-order valence-electron chi connectivity index (χ2n) is 8.55. The molecule has 0 bridgehead atoms. The molecule has 1 aliphatic rings. The molecule has 2 aromatic heterocycles. The zero-order valence-corrected chi connectivity index (χ0v) is 20.9. The summed E-state index contributed by atoms with van der Waals surface area (Å²) in [4.78, 5) is 56.9.